The van der Waals surface area contributed by atoms with Gasteiger partial charge in [-0.2, -0.15) is 0 Å². The normalized spacial score (nSPS) is 9.40. The van der Waals surface area contributed by atoms with Crippen LogP contribution in [0.15, 0.2) is 22.7 Å². The zero-order valence-corrected chi connectivity index (χ0v) is 6.72. The molecule has 0 spiro atoms. The monoisotopic (exact) mass is 202 g/mol. The van der Waals surface area contributed by atoms with Crippen molar-refractivity contribution in [3.63, 3.8) is 0 Å². The zero-order chi connectivity index (χ0) is 7.56. The standard InChI is InChI=1S/C6H7BrN2O/c7-4-1-5(9-8)3-6(10)2-4/h1-3,9-10H,8H2. The van der Waals surface area contributed by atoms with Gasteiger partial charge in [-0.25, -0.2) is 0 Å². The zero-order valence-electron chi connectivity index (χ0n) is 5.13. The molecule has 0 aliphatic rings. The molecule has 0 atom stereocenters. The van der Waals surface area contributed by atoms with E-state index in [2.05, 4.69) is 21.4 Å². The number of halogens is 1. The molecule has 0 fully saturated rings. The van der Waals surface area contributed by atoms with Crippen molar-refractivity contribution < 1.29 is 5.11 Å². The lowest BCUT2D eigenvalue weighted by Crippen LogP contribution is -2.06. The number of anilines is 1. The Morgan fingerprint density at radius 1 is 1.40 bits per heavy atom. The van der Waals surface area contributed by atoms with Gasteiger partial charge in [0.25, 0.3) is 0 Å². The minimum absolute atomic E-state index is 0.183. The summed E-state index contributed by atoms with van der Waals surface area (Å²) < 4.78 is 0.792. The van der Waals surface area contributed by atoms with Crippen LogP contribution in [0.5, 0.6) is 5.75 Å². The predicted molar refractivity (Wildman–Crippen MR) is 43.6 cm³/mol. The van der Waals surface area contributed by atoms with Crippen LogP contribution in [0.3, 0.4) is 0 Å². The third kappa shape index (κ3) is 1.62. The first-order valence-electron chi connectivity index (χ1n) is 2.68. The third-order valence-corrected chi connectivity index (χ3v) is 1.51. The van der Waals surface area contributed by atoms with Gasteiger partial charge in [0.15, 0.2) is 0 Å². The Labute approximate surface area is 67.0 Å². The molecular weight excluding hydrogens is 196 g/mol. The summed E-state index contributed by atoms with van der Waals surface area (Å²) in [7, 11) is 0. The number of nitrogens with one attached hydrogen (secondary N) is 1. The topological polar surface area (TPSA) is 58.3 Å². The molecule has 4 N–H and O–H groups in total. The Bertz CT molecular complexity index is 219. The highest BCUT2D eigenvalue weighted by Gasteiger charge is 1.94. The first kappa shape index (κ1) is 7.37. The van der Waals surface area contributed by atoms with Crippen LogP contribution in [0.1, 0.15) is 0 Å². The fraction of sp³-hybridized carbons (Fsp3) is 0. The van der Waals surface area contributed by atoms with Crippen LogP contribution in [-0.4, -0.2) is 5.11 Å². The largest absolute Gasteiger partial charge is 0.508 e. The van der Waals surface area contributed by atoms with Crippen molar-refractivity contribution in [2.24, 2.45) is 5.84 Å². The molecular formula is C6H7BrN2O. The molecule has 1 aromatic rings. The minimum atomic E-state index is 0.183. The number of hydrazine groups is 1. The van der Waals surface area contributed by atoms with E-state index in [9.17, 15) is 0 Å². The molecule has 0 radical (unpaired) electrons. The highest BCUT2D eigenvalue weighted by atomic mass is 79.9. The van der Waals surface area contributed by atoms with E-state index in [1.165, 1.54) is 6.07 Å². The van der Waals surface area contributed by atoms with Gasteiger partial charge in [0, 0.05) is 10.5 Å². The van der Waals surface area contributed by atoms with Crippen LogP contribution in [0.25, 0.3) is 0 Å². The van der Waals surface area contributed by atoms with Crippen molar-refractivity contribution >= 4 is 21.6 Å². The van der Waals surface area contributed by atoms with Gasteiger partial charge in [-0.05, 0) is 12.1 Å². The maximum Gasteiger partial charge on any atom is 0.118 e. The fourth-order valence-corrected chi connectivity index (χ4v) is 1.14. The van der Waals surface area contributed by atoms with E-state index < -0.39 is 0 Å². The molecule has 10 heavy (non-hydrogen) atoms. The summed E-state index contributed by atoms with van der Waals surface area (Å²) in [4.78, 5) is 0. The van der Waals surface area contributed by atoms with Gasteiger partial charge in [-0.15, -0.1) is 0 Å². The van der Waals surface area contributed by atoms with E-state index in [0.29, 0.717) is 5.69 Å². The number of hydrogen-bond donors (Lipinski definition) is 3. The van der Waals surface area contributed by atoms with Crippen LogP contribution < -0.4 is 11.3 Å². The molecule has 4 heteroatoms. The number of nitrogens with two attached hydrogens (primary N) is 1. The van der Waals surface area contributed by atoms with Gasteiger partial charge in [0.1, 0.15) is 5.75 Å². The molecule has 0 bridgehead atoms. The predicted octanol–water partition coefficient (Wildman–Crippen LogP) is 1.44. The Morgan fingerprint density at radius 2 is 2.10 bits per heavy atom. The molecule has 0 aliphatic carbocycles. The molecule has 0 heterocycles. The molecule has 0 saturated carbocycles. The van der Waals surface area contributed by atoms with E-state index in [0.717, 1.165) is 4.47 Å². The Morgan fingerprint density at radius 3 is 2.60 bits per heavy atom. The lowest BCUT2D eigenvalue weighted by molar-refractivity contribution is 0.475. The van der Waals surface area contributed by atoms with E-state index in [-0.39, 0.29) is 5.75 Å². The summed E-state index contributed by atoms with van der Waals surface area (Å²) in [5.74, 6) is 5.29. The molecule has 0 amide bonds. The summed E-state index contributed by atoms with van der Waals surface area (Å²) in [6, 6.07) is 4.88. The quantitative estimate of drug-likeness (QED) is 0.478. The second-order valence-corrected chi connectivity index (χ2v) is 2.76. The molecule has 1 aromatic carbocycles. The SMILES string of the molecule is NNc1cc(O)cc(Br)c1. The number of benzene rings is 1. The molecule has 0 aromatic heterocycles. The van der Waals surface area contributed by atoms with Crippen LogP contribution in [-0.2, 0) is 0 Å². The van der Waals surface area contributed by atoms with E-state index in [1.807, 2.05) is 0 Å². The molecule has 54 valence electrons. The molecule has 0 saturated heterocycles. The van der Waals surface area contributed by atoms with Gasteiger partial charge in [0.05, 0.1) is 5.69 Å². The van der Waals surface area contributed by atoms with Crippen molar-refractivity contribution in [1.29, 1.82) is 0 Å². The second kappa shape index (κ2) is 2.90. The van der Waals surface area contributed by atoms with Crippen molar-refractivity contribution in [2.45, 2.75) is 0 Å². The fourth-order valence-electron chi connectivity index (χ4n) is 0.657. The summed E-state index contributed by atoms with van der Waals surface area (Å²) >= 11 is 3.20. The average Bonchev–Trinajstić information content (AvgIpc) is 1.85. The average molecular weight is 203 g/mol. The van der Waals surface area contributed by atoms with Gasteiger partial charge in [-0.3, -0.25) is 5.84 Å². The molecule has 0 unspecified atom stereocenters. The maximum absolute atomic E-state index is 9.00. The first-order chi connectivity index (χ1) is 4.72. The number of rotatable bonds is 1. The van der Waals surface area contributed by atoms with E-state index in [4.69, 9.17) is 10.9 Å². The van der Waals surface area contributed by atoms with Crippen molar-refractivity contribution in [2.75, 3.05) is 5.43 Å². The van der Waals surface area contributed by atoms with Crippen LogP contribution in [0.4, 0.5) is 5.69 Å². The van der Waals surface area contributed by atoms with Gasteiger partial charge < -0.3 is 10.5 Å². The van der Waals surface area contributed by atoms with Gasteiger partial charge >= 0.3 is 0 Å². The van der Waals surface area contributed by atoms with Crippen molar-refractivity contribution in [3.8, 4) is 5.75 Å². The number of phenolic OH excluding ortho intramolecular Hbond substituents is 1. The van der Waals surface area contributed by atoms with Crippen LogP contribution in [0, 0.1) is 0 Å². The second-order valence-electron chi connectivity index (χ2n) is 1.84. The smallest absolute Gasteiger partial charge is 0.118 e. The van der Waals surface area contributed by atoms with Gasteiger partial charge in [0.2, 0.25) is 0 Å². The number of aromatic hydroxyl groups is 1. The summed E-state index contributed by atoms with van der Waals surface area (Å²) in [6.07, 6.45) is 0. The third-order valence-electron chi connectivity index (χ3n) is 1.05. The van der Waals surface area contributed by atoms with E-state index in [1.54, 1.807) is 12.1 Å². The summed E-state index contributed by atoms with van der Waals surface area (Å²) in [6.45, 7) is 0. The summed E-state index contributed by atoms with van der Waals surface area (Å²) in [5.41, 5.74) is 3.09. The van der Waals surface area contributed by atoms with Crippen LogP contribution in [0.2, 0.25) is 0 Å². The number of hydrogen-bond acceptors (Lipinski definition) is 3. The van der Waals surface area contributed by atoms with E-state index >= 15 is 0 Å². The lowest BCUT2D eigenvalue weighted by atomic mass is 10.3. The van der Waals surface area contributed by atoms with Gasteiger partial charge in [-0.1, -0.05) is 15.9 Å². The number of nitrogen functional groups attached to an aromatic ring is 1. The Kier molecular flexibility index (Phi) is 2.13. The highest BCUT2D eigenvalue weighted by Crippen LogP contribution is 2.22. The molecule has 0 aliphatic heterocycles. The number of phenols is 1. The lowest BCUT2D eigenvalue weighted by Gasteiger charge is -2.00. The Balaban J connectivity index is 3.06. The first-order valence-corrected chi connectivity index (χ1v) is 3.48. The van der Waals surface area contributed by atoms with Crippen molar-refractivity contribution in [1.82, 2.24) is 0 Å². The highest BCUT2D eigenvalue weighted by molar-refractivity contribution is 9.10. The minimum Gasteiger partial charge on any atom is -0.508 e. The Hall–Kier alpha value is -0.740. The maximum atomic E-state index is 9.00. The van der Waals surface area contributed by atoms with Crippen LogP contribution >= 0.6 is 15.9 Å². The van der Waals surface area contributed by atoms with Crippen molar-refractivity contribution in [3.05, 3.63) is 22.7 Å². The molecule has 3 nitrogen and oxygen atoms in total. The molecule has 1 rings (SSSR count). The summed E-state index contributed by atoms with van der Waals surface area (Å²) in [5, 5.41) is 9.00.